The quantitative estimate of drug-likeness (QED) is 0.827. The van der Waals surface area contributed by atoms with Crippen molar-refractivity contribution < 1.29 is 5.11 Å². The number of nitrogens with one attached hydrogen (secondary N) is 1. The van der Waals surface area contributed by atoms with Gasteiger partial charge in [0, 0.05) is 16.7 Å². The predicted octanol–water partition coefficient (Wildman–Crippen LogP) is 3.36. The van der Waals surface area contributed by atoms with E-state index in [2.05, 4.69) is 29.6 Å². The first kappa shape index (κ1) is 13.9. The molecule has 0 amide bonds. The molecule has 2 rings (SSSR count). The van der Waals surface area contributed by atoms with E-state index in [0.29, 0.717) is 6.54 Å². The highest BCUT2D eigenvalue weighted by Gasteiger charge is 2.16. The number of hydrogen-bond donors (Lipinski definition) is 2. The fraction of sp³-hybridized carbons (Fsp3) is 0.600. The molecule has 2 nitrogen and oxygen atoms in total. The van der Waals surface area contributed by atoms with E-state index < -0.39 is 6.10 Å². The van der Waals surface area contributed by atoms with E-state index in [9.17, 15) is 5.11 Å². The summed E-state index contributed by atoms with van der Waals surface area (Å²) in [6.07, 6.45) is 5.09. The molecule has 1 aliphatic rings. The van der Waals surface area contributed by atoms with Gasteiger partial charge in [0.1, 0.15) is 0 Å². The smallest absolute Gasteiger partial charge is 0.0914 e. The lowest BCUT2D eigenvalue weighted by Gasteiger charge is -2.13. The van der Waals surface area contributed by atoms with Crippen molar-refractivity contribution in [1.82, 2.24) is 5.32 Å². The molecule has 1 atom stereocenters. The molecule has 100 valence electrons. The summed E-state index contributed by atoms with van der Waals surface area (Å²) >= 11 is 1.99. The molecule has 1 saturated carbocycles. The number of aliphatic hydroxyl groups is 1. The summed E-state index contributed by atoms with van der Waals surface area (Å²) in [6.45, 7) is 3.58. The van der Waals surface area contributed by atoms with Crippen LogP contribution in [0, 0.1) is 0 Å². The van der Waals surface area contributed by atoms with Crippen molar-refractivity contribution in [2.45, 2.75) is 48.9 Å². The Morgan fingerprint density at radius 2 is 1.94 bits per heavy atom. The van der Waals surface area contributed by atoms with Gasteiger partial charge < -0.3 is 10.4 Å². The van der Waals surface area contributed by atoms with Crippen LogP contribution in [0.15, 0.2) is 29.2 Å². The zero-order valence-electron chi connectivity index (χ0n) is 11.1. The lowest BCUT2D eigenvalue weighted by atomic mass is 10.1. The van der Waals surface area contributed by atoms with Crippen molar-refractivity contribution in [1.29, 1.82) is 0 Å². The molecule has 2 N–H and O–H groups in total. The zero-order chi connectivity index (χ0) is 12.8. The Labute approximate surface area is 114 Å². The molecule has 1 fully saturated rings. The molecule has 1 aromatic carbocycles. The number of hydrogen-bond acceptors (Lipinski definition) is 3. The Hall–Kier alpha value is -0.510. The van der Waals surface area contributed by atoms with Crippen LogP contribution in [0.4, 0.5) is 0 Å². The van der Waals surface area contributed by atoms with Gasteiger partial charge in [0.05, 0.1) is 6.10 Å². The van der Waals surface area contributed by atoms with E-state index in [1.165, 1.54) is 30.6 Å². The maximum Gasteiger partial charge on any atom is 0.0914 e. The third-order valence-electron chi connectivity index (χ3n) is 3.46. The van der Waals surface area contributed by atoms with Gasteiger partial charge in [-0.25, -0.2) is 0 Å². The minimum Gasteiger partial charge on any atom is -0.387 e. The zero-order valence-corrected chi connectivity index (χ0v) is 11.9. The molecule has 3 heteroatoms. The number of thioether (sulfide) groups is 1. The van der Waals surface area contributed by atoms with E-state index in [4.69, 9.17) is 0 Å². The fourth-order valence-corrected chi connectivity index (χ4v) is 3.61. The van der Waals surface area contributed by atoms with Gasteiger partial charge >= 0.3 is 0 Å². The van der Waals surface area contributed by atoms with Crippen molar-refractivity contribution in [3.63, 3.8) is 0 Å². The fourth-order valence-electron chi connectivity index (χ4n) is 2.37. The van der Waals surface area contributed by atoms with Gasteiger partial charge in [-0.2, -0.15) is 0 Å². The van der Waals surface area contributed by atoms with E-state index in [1.807, 2.05) is 18.7 Å². The Balaban J connectivity index is 1.88. The molecular formula is C15H23NOS. The van der Waals surface area contributed by atoms with Crippen LogP contribution in [-0.2, 0) is 0 Å². The molecule has 18 heavy (non-hydrogen) atoms. The van der Waals surface area contributed by atoms with Gasteiger partial charge in [0.2, 0.25) is 0 Å². The summed E-state index contributed by atoms with van der Waals surface area (Å²) in [5.74, 6) is 0. The van der Waals surface area contributed by atoms with Crippen LogP contribution < -0.4 is 5.32 Å². The second-order valence-electron chi connectivity index (χ2n) is 4.92. The molecule has 0 bridgehead atoms. The topological polar surface area (TPSA) is 32.3 Å². The maximum absolute atomic E-state index is 9.96. The number of benzene rings is 1. The van der Waals surface area contributed by atoms with Gasteiger partial charge in [-0.15, -0.1) is 11.8 Å². The maximum atomic E-state index is 9.96. The van der Waals surface area contributed by atoms with Gasteiger partial charge in [0.25, 0.3) is 0 Å². The molecule has 0 radical (unpaired) electrons. The third kappa shape index (κ3) is 4.01. The molecule has 0 saturated heterocycles. The van der Waals surface area contributed by atoms with Crippen molar-refractivity contribution in [2.24, 2.45) is 0 Å². The molecule has 0 aromatic heterocycles. The summed E-state index contributed by atoms with van der Waals surface area (Å²) in [4.78, 5) is 1.33. The SMILES string of the molecule is CCNCC(O)c1ccc(SC2CCCC2)cc1. The third-order valence-corrected chi connectivity index (χ3v) is 4.81. The number of likely N-dealkylation sites (N-methyl/N-ethyl adjacent to an activating group) is 1. The first-order valence-electron chi connectivity index (χ1n) is 6.95. The van der Waals surface area contributed by atoms with Crippen molar-refractivity contribution in [3.8, 4) is 0 Å². The largest absolute Gasteiger partial charge is 0.387 e. The van der Waals surface area contributed by atoms with E-state index in [-0.39, 0.29) is 0 Å². The Bertz CT molecular complexity index is 346. The molecule has 0 aliphatic heterocycles. The minimum atomic E-state index is -0.393. The Morgan fingerprint density at radius 3 is 2.56 bits per heavy atom. The van der Waals surface area contributed by atoms with Gasteiger partial charge in [-0.05, 0) is 37.1 Å². The van der Waals surface area contributed by atoms with Crippen LogP contribution in [0.3, 0.4) is 0 Å². The second-order valence-corrected chi connectivity index (χ2v) is 6.29. The Kier molecular flexibility index (Phi) is 5.54. The van der Waals surface area contributed by atoms with E-state index in [1.54, 1.807) is 0 Å². The van der Waals surface area contributed by atoms with Crippen LogP contribution in [0.2, 0.25) is 0 Å². The molecule has 1 aromatic rings. The minimum absolute atomic E-state index is 0.393. The van der Waals surface area contributed by atoms with Gasteiger partial charge in [0.15, 0.2) is 0 Å². The van der Waals surface area contributed by atoms with Crippen molar-refractivity contribution in [2.75, 3.05) is 13.1 Å². The highest BCUT2D eigenvalue weighted by Crippen LogP contribution is 2.34. The first-order chi connectivity index (χ1) is 8.79. The van der Waals surface area contributed by atoms with Crippen LogP contribution >= 0.6 is 11.8 Å². The monoisotopic (exact) mass is 265 g/mol. The van der Waals surface area contributed by atoms with Crippen LogP contribution in [0.25, 0.3) is 0 Å². The van der Waals surface area contributed by atoms with Gasteiger partial charge in [-0.3, -0.25) is 0 Å². The van der Waals surface area contributed by atoms with Gasteiger partial charge in [-0.1, -0.05) is 31.9 Å². The highest BCUT2D eigenvalue weighted by atomic mass is 32.2. The summed E-state index contributed by atoms with van der Waals surface area (Å²) in [6, 6.07) is 8.40. The predicted molar refractivity (Wildman–Crippen MR) is 78.1 cm³/mol. The van der Waals surface area contributed by atoms with Crippen LogP contribution in [0.1, 0.15) is 44.3 Å². The van der Waals surface area contributed by atoms with Crippen molar-refractivity contribution >= 4 is 11.8 Å². The second kappa shape index (κ2) is 7.17. The van der Waals surface area contributed by atoms with E-state index in [0.717, 1.165) is 17.4 Å². The Morgan fingerprint density at radius 1 is 1.28 bits per heavy atom. The summed E-state index contributed by atoms with van der Waals surface area (Å²) in [5.41, 5.74) is 1.01. The average molecular weight is 265 g/mol. The summed E-state index contributed by atoms with van der Waals surface area (Å²) in [5, 5.41) is 13.9. The highest BCUT2D eigenvalue weighted by molar-refractivity contribution is 8.00. The lowest BCUT2D eigenvalue weighted by Crippen LogP contribution is -2.20. The molecule has 0 heterocycles. The normalized spacial score (nSPS) is 18.1. The molecule has 1 aliphatic carbocycles. The van der Waals surface area contributed by atoms with Crippen LogP contribution in [0.5, 0.6) is 0 Å². The lowest BCUT2D eigenvalue weighted by molar-refractivity contribution is 0.175. The molecule has 1 unspecified atom stereocenters. The molecular weight excluding hydrogens is 242 g/mol. The average Bonchev–Trinajstić information content (AvgIpc) is 2.89. The van der Waals surface area contributed by atoms with Crippen molar-refractivity contribution in [3.05, 3.63) is 29.8 Å². The summed E-state index contributed by atoms with van der Waals surface area (Å²) in [7, 11) is 0. The first-order valence-corrected chi connectivity index (χ1v) is 7.83. The molecule has 0 spiro atoms. The number of aliphatic hydroxyl groups excluding tert-OH is 1. The van der Waals surface area contributed by atoms with Crippen LogP contribution in [-0.4, -0.2) is 23.4 Å². The standard InChI is InChI=1S/C15H23NOS/c1-2-16-11-15(17)12-7-9-14(10-8-12)18-13-5-3-4-6-13/h7-10,13,15-17H,2-6,11H2,1H3. The summed E-state index contributed by atoms with van der Waals surface area (Å²) < 4.78 is 0. The number of rotatable bonds is 6. The van der Waals surface area contributed by atoms with E-state index >= 15 is 0 Å².